The topological polar surface area (TPSA) is 34.1 Å². The molecule has 1 aliphatic heterocycles. The Morgan fingerprint density at radius 3 is 1.44 bits per heavy atom. The van der Waals surface area contributed by atoms with Crippen LogP contribution >= 0.6 is 11.8 Å². The normalized spacial score (nSPS) is 19.0. The highest BCUT2D eigenvalue weighted by atomic mass is 32.2. The molecule has 0 saturated carbocycles. The second-order valence-corrected chi connectivity index (χ2v) is 10.7. The highest BCUT2D eigenvalue weighted by Crippen LogP contribution is 2.51. The average molecular weight is 395 g/mol. The van der Waals surface area contributed by atoms with Crippen molar-refractivity contribution < 1.29 is 8.42 Å². The molecule has 27 heavy (non-hydrogen) atoms. The number of hydrogen-bond acceptors (Lipinski definition) is 3. The molecule has 1 aliphatic rings. The van der Waals surface area contributed by atoms with E-state index in [1.54, 1.807) is 11.8 Å². The quantitative estimate of drug-likeness (QED) is 0.577. The third kappa shape index (κ3) is 3.69. The minimum atomic E-state index is -2.94. The fraction of sp³-hybridized carbons (Fsp3) is 0.217. The first kappa shape index (κ1) is 18.3. The first-order chi connectivity index (χ1) is 13.1. The molecule has 0 aromatic heterocycles. The van der Waals surface area contributed by atoms with Gasteiger partial charge in [0, 0.05) is 5.25 Å². The van der Waals surface area contributed by atoms with E-state index in [9.17, 15) is 8.42 Å². The zero-order valence-electron chi connectivity index (χ0n) is 15.0. The number of hydrogen-bond donors (Lipinski definition) is 0. The molecule has 1 fully saturated rings. The lowest BCUT2D eigenvalue weighted by molar-refractivity contribution is 0.602. The highest BCUT2D eigenvalue weighted by molar-refractivity contribution is 8.03. The number of rotatable bonds is 5. The van der Waals surface area contributed by atoms with Gasteiger partial charge in [0.25, 0.3) is 0 Å². The van der Waals surface area contributed by atoms with Crippen LogP contribution in [0.15, 0.2) is 91.0 Å². The van der Waals surface area contributed by atoms with Crippen LogP contribution in [0.1, 0.15) is 23.1 Å². The third-order valence-corrected chi connectivity index (χ3v) is 8.85. The number of benzene rings is 3. The van der Waals surface area contributed by atoms with Crippen molar-refractivity contribution in [3.8, 4) is 0 Å². The molecular formula is C23H22O2S2. The molecular weight excluding hydrogens is 372 g/mol. The van der Waals surface area contributed by atoms with Gasteiger partial charge < -0.3 is 0 Å². The average Bonchev–Trinajstić information content (AvgIpc) is 3.06. The Kier molecular flexibility index (Phi) is 5.11. The predicted molar refractivity (Wildman–Crippen MR) is 114 cm³/mol. The summed E-state index contributed by atoms with van der Waals surface area (Å²) in [4.78, 5) is 0. The summed E-state index contributed by atoms with van der Waals surface area (Å²) in [7, 11) is -2.94. The largest absolute Gasteiger partial charge is 0.229 e. The summed E-state index contributed by atoms with van der Waals surface area (Å²) in [5, 5.41) is 0.0793. The molecule has 138 valence electrons. The molecule has 1 saturated heterocycles. The van der Waals surface area contributed by atoms with E-state index in [0.29, 0.717) is 12.2 Å². The zero-order valence-corrected chi connectivity index (χ0v) is 16.6. The van der Waals surface area contributed by atoms with E-state index in [2.05, 4.69) is 72.8 Å². The van der Waals surface area contributed by atoms with Crippen molar-refractivity contribution in [3.63, 3.8) is 0 Å². The fourth-order valence-electron chi connectivity index (χ4n) is 3.83. The summed E-state index contributed by atoms with van der Waals surface area (Å²) >= 11 is 1.78. The van der Waals surface area contributed by atoms with Crippen LogP contribution in [0.4, 0.5) is 0 Å². The van der Waals surface area contributed by atoms with Gasteiger partial charge in [-0.1, -0.05) is 91.0 Å². The molecule has 1 heterocycles. The Bertz CT molecular complexity index is 888. The Hall–Kier alpha value is -2.04. The van der Waals surface area contributed by atoms with Crippen LogP contribution in [0.5, 0.6) is 0 Å². The molecule has 0 unspecified atom stereocenters. The van der Waals surface area contributed by atoms with Crippen molar-refractivity contribution in [1.82, 2.24) is 0 Å². The number of thioether (sulfide) groups is 1. The van der Waals surface area contributed by atoms with Crippen molar-refractivity contribution in [2.45, 2.75) is 16.4 Å². The van der Waals surface area contributed by atoms with Crippen molar-refractivity contribution in [2.75, 3.05) is 11.5 Å². The van der Waals surface area contributed by atoms with Crippen LogP contribution in [-0.4, -0.2) is 25.2 Å². The second kappa shape index (κ2) is 7.53. The minimum absolute atomic E-state index is 0.0793. The molecule has 0 spiro atoms. The maximum Gasteiger partial charge on any atom is 0.151 e. The van der Waals surface area contributed by atoms with Gasteiger partial charge in [0.15, 0.2) is 9.84 Å². The first-order valence-electron chi connectivity index (χ1n) is 9.15. The SMILES string of the molecule is O=S1(=O)CC[C@H](SC(c2ccccc2)(c2ccccc2)c2ccccc2)C1. The summed E-state index contributed by atoms with van der Waals surface area (Å²) in [6.45, 7) is 0. The maximum atomic E-state index is 12.1. The summed E-state index contributed by atoms with van der Waals surface area (Å²) in [6.07, 6.45) is 0.710. The third-order valence-electron chi connectivity index (χ3n) is 5.08. The Labute approximate surface area is 165 Å². The lowest BCUT2D eigenvalue weighted by Crippen LogP contribution is -2.29. The lowest BCUT2D eigenvalue weighted by Gasteiger charge is -2.37. The summed E-state index contributed by atoms with van der Waals surface area (Å²) in [5.74, 6) is 0.547. The predicted octanol–water partition coefficient (Wildman–Crippen LogP) is 4.90. The molecule has 2 nitrogen and oxygen atoms in total. The van der Waals surface area contributed by atoms with Gasteiger partial charge in [-0.25, -0.2) is 8.42 Å². The van der Waals surface area contributed by atoms with E-state index in [1.165, 1.54) is 16.7 Å². The molecule has 4 rings (SSSR count). The van der Waals surface area contributed by atoms with E-state index in [-0.39, 0.29) is 11.0 Å². The molecule has 0 radical (unpaired) electrons. The van der Waals surface area contributed by atoms with E-state index in [1.807, 2.05) is 18.2 Å². The summed E-state index contributed by atoms with van der Waals surface area (Å²) in [5.41, 5.74) is 3.53. The summed E-state index contributed by atoms with van der Waals surface area (Å²) < 4.78 is 23.8. The highest BCUT2D eigenvalue weighted by Gasteiger charge is 2.42. The zero-order chi connectivity index (χ0) is 18.7. The van der Waals surface area contributed by atoms with Crippen LogP contribution < -0.4 is 0 Å². The molecule has 3 aromatic carbocycles. The van der Waals surface area contributed by atoms with Gasteiger partial charge in [-0.05, 0) is 23.1 Å². The van der Waals surface area contributed by atoms with E-state index in [4.69, 9.17) is 0 Å². The van der Waals surface area contributed by atoms with Crippen LogP contribution in [0, 0.1) is 0 Å². The molecule has 3 aromatic rings. The van der Waals surface area contributed by atoms with Gasteiger partial charge in [0.05, 0.1) is 16.3 Å². The Balaban J connectivity index is 1.92. The smallest absolute Gasteiger partial charge is 0.151 e. The van der Waals surface area contributed by atoms with Crippen molar-refractivity contribution in [3.05, 3.63) is 108 Å². The molecule has 0 aliphatic carbocycles. The van der Waals surface area contributed by atoms with Crippen molar-refractivity contribution in [1.29, 1.82) is 0 Å². The van der Waals surface area contributed by atoms with Crippen molar-refractivity contribution in [2.24, 2.45) is 0 Å². The minimum Gasteiger partial charge on any atom is -0.229 e. The van der Waals surface area contributed by atoms with Gasteiger partial charge in [0.1, 0.15) is 0 Å². The van der Waals surface area contributed by atoms with Crippen LogP contribution in [0.2, 0.25) is 0 Å². The summed E-state index contributed by atoms with van der Waals surface area (Å²) in [6, 6.07) is 31.3. The van der Waals surface area contributed by atoms with Gasteiger partial charge >= 0.3 is 0 Å². The lowest BCUT2D eigenvalue weighted by atomic mass is 9.84. The fourth-order valence-corrected chi connectivity index (χ4v) is 7.97. The van der Waals surface area contributed by atoms with Crippen LogP contribution in [0.25, 0.3) is 0 Å². The van der Waals surface area contributed by atoms with E-state index in [0.717, 1.165) is 0 Å². The second-order valence-electron chi connectivity index (χ2n) is 6.92. The van der Waals surface area contributed by atoms with Gasteiger partial charge in [0.2, 0.25) is 0 Å². The molecule has 0 bridgehead atoms. The Morgan fingerprint density at radius 2 is 1.11 bits per heavy atom. The monoisotopic (exact) mass is 394 g/mol. The molecule has 4 heteroatoms. The maximum absolute atomic E-state index is 12.1. The van der Waals surface area contributed by atoms with E-state index >= 15 is 0 Å². The standard InChI is InChI=1S/C23H22O2S2/c24-27(25)17-16-22(18-27)26-23(19-10-4-1-5-11-19,20-12-6-2-7-13-20)21-14-8-3-9-15-21/h1-15,22H,16-18H2/t22-/m0/s1. The van der Waals surface area contributed by atoms with Gasteiger partial charge in [-0.3, -0.25) is 0 Å². The van der Waals surface area contributed by atoms with Crippen LogP contribution in [0.3, 0.4) is 0 Å². The first-order valence-corrected chi connectivity index (χ1v) is 11.9. The molecule has 1 atom stereocenters. The van der Waals surface area contributed by atoms with Gasteiger partial charge in [-0.15, -0.1) is 11.8 Å². The van der Waals surface area contributed by atoms with E-state index < -0.39 is 14.6 Å². The Morgan fingerprint density at radius 1 is 0.704 bits per heavy atom. The van der Waals surface area contributed by atoms with Gasteiger partial charge in [-0.2, -0.15) is 0 Å². The van der Waals surface area contributed by atoms with Crippen molar-refractivity contribution >= 4 is 21.6 Å². The molecule has 0 N–H and O–H groups in total. The van der Waals surface area contributed by atoms with Crippen LogP contribution in [-0.2, 0) is 14.6 Å². The molecule has 0 amide bonds. The number of sulfone groups is 1.